The average molecular weight is 270 g/mol. The number of hydrogen-bond acceptors (Lipinski definition) is 4. The van der Waals surface area contributed by atoms with Gasteiger partial charge >= 0.3 is 0 Å². The normalized spacial score (nSPS) is 14.2. The minimum absolute atomic E-state index is 0.0380. The molecule has 0 radical (unpaired) electrons. The van der Waals surface area contributed by atoms with Gasteiger partial charge in [0.1, 0.15) is 0 Å². The second kappa shape index (κ2) is 5.45. The van der Waals surface area contributed by atoms with Gasteiger partial charge < -0.3 is 9.88 Å². The number of aryl methyl sites for hydroxylation is 1. The molecular weight excluding hydrogens is 252 g/mol. The molecule has 5 heteroatoms. The third-order valence-electron chi connectivity index (χ3n) is 3.60. The molecule has 104 valence electrons. The highest BCUT2D eigenvalue weighted by molar-refractivity contribution is 5.33. The third-order valence-corrected chi connectivity index (χ3v) is 3.60. The van der Waals surface area contributed by atoms with E-state index in [2.05, 4.69) is 28.3 Å². The van der Waals surface area contributed by atoms with Crippen molar-refractivity contribution in [1.29, 1.82) is 0 Å². The van der Waals surface area contributed by atoms with Gasteiger partial charge in [-0.1, -0.05) is 13.0 Å². The number of pyridine rings is 1. The van der Waals surface area contributed by atoms with E-state index in [1.54, 1.807) is 23.2 Å². The summed E-state index contributed by atoms with van der Waals surface area (Å²) in [5.41, 5.74) is 2.13. The van der Waals surface area contributed by atoms with E-state index in [0.29, 0.717) is 18.4 Å². The van der Waals surface area contributed by atoms with Gasteiger partial charge in [-0.25, -0.2) is 4.98 Å². The van der Waals surface area contributed by atoms with Gasteiger partial charge in [-0.2, -0.15) is 0 Å². The Hall–Kier alpha value is -2.17. The van der Waals surface area contributed by atoms with Crippen LogP contribution in [0.15, 0.2) is 35.5 Å². The van der Waals surface area contributed by atoms with Crippen molar-refractivity contribution in [3.63, 3.8) is 0 Å². The highest BCUT2D eigenvalue weighted by Crippen LogP contribution is 2.33. The van der Waals surface area contributed by atoms with Gasteiger partial charge in [-0.3, -0.25) is 9.78 Å². The van der Waals surface area contributed by atoms with Crippen molar-refractivity contribution in [1.82, 2.24) is 14.5 Å². The molecule has 2 aromatic heterocycles. The van der Waals surface area contributed by atoms with Gasteiger partial charge in [-0.15, -0.1) is 0 Å². The monoisotopic (exact) mass is 270 g/mol. The van der Waals surface area contributed by atoms with Crippen molar-refractivity contribution in [2.75, 3.05) is 5.32 Å². The molecule has 1 fully saturated rings. The summed E-state index contributed by atoms with van der Waals surface area (Å²) in [6.07, 6.45) is 8.33. The summed E-state index contributed by atoms with van der Waals surface area (Å²) in [5.74, 6) is 0.409. The minimum atomic E-state index is -0.0380. The van der Waals surface area contributed by atoms with Crippen LogP contribution in [-0.2, 0) is 13.0 Å². The van der Waals surface area contributed by atoms with Crippen molar-refractivity contribution < 1.29 is 0 Å². The van der Waals surface area contributed by atoms with E-state index in [1.165, 1.54) is 5.56 Å². The summed E-state index contributed by atoms with van der Waals surface area (Å²) < 4.78 is 1.77. The summed E-state index contributed by atoms with van der Waals surface area (Å²) >= 11 is 0. The molecule has 0 atom stereocenters. The number of nitrogens with zero attached hydrogens (tertiary/aromatic N) is 3. The smallest absolute Gasteiger partial charge is 0.293 e. The third kappa shape index (κ3) is 2.57. The summed E-state index contributed by atoms with van der Waals surface area (Å²) in [6.45, 7) is 2.63. The maximum atomic E-state index is 12.2. The molecule has 0 saturated heterocycles. The first-order valence-corrected chi connectivity index (χ1v) is 7.03. The number of rotatable bonds is 5. The molecule has 0 aromatic carbocycles. The summed E-state index contributed by atoms with van der Waals surface area (Å²) in [6, 6.07) is 4.36. The van der Waals surface area contributed by atoms with Crippen LogP contribution in [0.3, 0.4) is 0 Å². The predicted molar refractivity (Wildman–Crippen MR) is 77.7 cm³/mol. The molecule has 1 aliphatic rings. The van der Waals surface area contributed by atoms with Crippen molar-refractivity contribution in [3.8, 4) is 0 Å². The Morgan fingerprint density at radius 2 is 2.20 bits per heavy atom. The van der Waals surface area contributed by atoms with E-state index in [9.17, 15) is 4.79 Å². The van der Waals surface area contributed by atoms with Gasteiger partial charge in [0.15, 0.2) is 5.82 Å². The highest BCUT2D eigenvalue weighted by atomic mass is 16.1. The molecule has 5 nitrogen and oxygen atoms in total. The summed E-state index contributed by atoms with van der Waals surface area (Å²) in [4.78, 5) is 20.8. The molecule has 1 saturated carbocycles. The quantitative estimate of drug-likeness (QED) is 0.904. The largest absolute Gasteiger partial charge is 0.360 e. The first-order chi connectivity index (χ1) is 9.79. The highest BCUT2D eigenvalue weighted by Gasteiger charge is 2.25. The number of aromatic nitrogens is 3. The van der Waals surface area contributed by atoms with Crippen LogP contribution < -0.4 is 10.9 Å². The molecule has 0 bridgehead atoms. The Balaban J connectivity index is 1.78. The van der Waals surface area contributed by atoms with Gasteiger partial charge in [-0.05, 0) is 30.9 Å². The molecule has 0 spiro atoms. The van der Waals surface area contributed by atoms with Crippen molar-refractivity contribution >= 4 is 5.82 Å². The van der Waals surface area contributed by atoms with Crippen LogP contribution in [0.25, 0.3) is 0 Å². The maximum Gasteiger partial charge on any atom is 0.293 e. The lowest BCUT2D eigenvalue weighted by Crippen LogP contribution is -2.23. The Morgan fingerprint density at radius 3 is 2.95 bits per heavy atom. The molecule has 3 rings (SSSR count). The zero-order chi connectivity index (χ0) is 13.9. The molecule has 0 amide bonds. The van der Waals surface area contributed by atoms with Crippen LogP contribution in [0.5, 0.6) is 0 Å². The van der Waals surface area contributed by atoms with E-state index >= 15 is 0 Å². The van der Waals surface area contributed by atoms with Gasteiger partial charge in [0.05, 0.1) is 12.2 Å². The SMILES string of the molecule is CCc1cccnc1CNc1nccn(C2CC2)c1=O. The van der Waals surface area contributed by atoms with Crippen LogP contribution in [0.1, 0.15) is 37.1 Å². The van der Waals surface area contributed by atoms with Crippen LogP contribution in [0, 0.1) is 0 Å². The number of nitrogens with one attached hydrogen (secondary N) is 1. The number of anilines is 1. The molecular formula is C15H18N4O. The van der Waals surface area contributed by atoms with Gasteiger partial charge in [0.25, 0.3) is 5.56 Å². The lowest BCUT2D eigenvalue weighted by molar-refractivity contribution is 0.699. The lowest BCUT2D eigenvalue weighted by atomic mass is 10.1. The Kier molecular flexibility index (Phi) is 3.50. The van der Waals surface area contributed by atoms with Crippen molar-refractivity contribution in [2.24, 2.45) is 0 Å². The van der Waals surface area contributed by atoms with E-state index < -0.39 is 0 Å². The van der Waals surface area contributed by atoms with E-state index in [-0.39, 0.29) is 5.56 Å². The van der Waals surface area contributed by atoms with Crippen LogP contribution in [0.4, 0.5) is 5.82 Å². The standard InChI is InChI=1S/C15H18N4O/c1-2-11-4-3-7-16-13(11)10-18-14-15(20)19(9-8-17-14)12-5-6-12/h3-4,7-9,12H,2,5-6,10H2,1H3,(H,17,18). The van der Waals surface area contributed by atoms with Crippen molar-refractivity contribution in [2.45, 2.75) is 38.8 Å². The average Bonchev–Trinajstić information content (AvgIpc) is 3.31. The fourth-order valence-corrected chi connectivity index (χ4v) is 2.31. The molecule has 0 unspecified atom stereocenters. The Bertz CT molecular complexity index is 661. The molecule has 2 aromatic rings. The van der Waals surface area contributed by atoms with Gasteiger partial charge in [0, 0.05) is 24.6 Å². The van der Waals surface area contributed by atoms with Crippen LogP contribution in [-0.4, -0.2) is 14.5 Å². The van der Waals surface area contributed by atoms with E-state index in [4.69, 9.17) is 0 Å². The summed E-state index contributed by atoms with van der Waals surface area (Å²) in [7, 11) is 0. The zero-order valence-corrected chi connectivity index (χ0v) is 11.5. The molecule has 1 N–H and O–H groups in total. The topological polar surface area (TPSA) is 59.8 Å². The van der Waals surface area contributed by atoms with E-state index in [1.807, 2.05) is 6.07 Å². The molecule has 0 aliphatic heterocycles. The van der Waals surface area contributed by atoms with Gasteiger partial charge in [0.2, 0.25) is 0 Å². The van der Waals surface area contributed by atoms with Crippen LogP contribution in [0.2, 0.25) is 0 Å². The Labute approximate surface area is 117 Å². The predicted octanol–water partition coefficient (Wildman–Crippen LogP) is 2.15. The first kappa shape index (κ1) is 12.8. The van der Waals surface area contributed by atoms with Crippen molar-refractivity contribution in [3.05, 3.63) is 52.3 Å². The fraction of sp³-hybridized carbons (Fsp3) is 0.400. The first-order valence-electron chi connectivity index (χ1n) is 7.03. The Morgan fingerprint density at radius 1 is 1.35 bits per heavy atom. The number of hydrogen-bond donors (Lipinski definition) is 1. The second-order valence-corrected chi connectivity index (χ2v) is 5.04. The second-order valence-electron chi connectivity index (χ2n) is 5.04. The molecule has 1 aliphatic carbocycles. The van der Waals surface area contributed by atoms with E-state index in [0.717, 1.165) is 25.0 Å². The minimum Gasteiger partial charge on any atom is -0.360 e. The lowest BCUT2D eigenvalue weighted by Gasteiger charge is -2.09. The zero-order valence-electron chi connectivity index (χ0n) is 11.5. The fourth-order valence-electron chi connectivity index (χ4n) is 2.31. The maximum absolute atomic E-state index is 12.2. The molecule has 2 heterocycles. The molecule has 20 heavy (non-hydrogen) atoms. The van der Waals surface area contributed by atoms with Crippen LogP contribution >= 0.6 is 0 Å². The summed E-state index contributed by atoms with van der Waals surface area (Å²) in [5, 5.41) is 3.12.